The maximum Gasteiger partial charge on any atom is 0.168 e. The van der Waals surface area contributed by atoms with Crippen LogP contribution in [0, 0.1) is 14.9 Å². The molecule has 92 valence electrons. The van der Waals surface area contributed by atoms with Crippen LogP contribution in [0.15, 0.2) is 36.5 Å². The third-order valence-corrected chi connectivity index (χ3v) is 4.28. The van der Waals surface area contributed by atoms with E-state index in [-0.39, 0.29) is 0 Å². The van der Waals surface area contributed by atoms with Crippen molar-refractivity contribution in [2.24, 2.45) is 0 Å². The fourth-order valence-corrected chi connectivity index (χ4v) is 2.31. The number of benzene rings is 1. The zero-order valence-corrected chi connectivity index (χ0v) is 12.4. The lowest BCUT2D eigenvalue weighted by molar-refractivity contribution is 1.11. The van der Waals surface area contributed by atoms with E-state index < -0.39 is 0 Å². The predicted octanol–water partition coefficient (Wildman–Crippen LogP) is 3.53. The van der Waals surface area contributed by atoms with Crippen molar-refractivity contribution in [1.82, 2.24) is 14.6 Å². The fourth-order valence-electron chi connectivity index (χ4n) is 1.79. The number of nitriles is 1. The molecule has 19 heavy (non-hydrogen) atoms. The number of hydrogen-bond donors (Lipinski definition) is 0. The van der Waals surface area contributed by atoms with E-state index in [9.17, 15) is 0 Å². The van der Waals surface area contributed by atoms with Crippen LogP contribution in [0.25, 0.3) is 17.0 Å². The maximum atomic E-state index is 8.95. The van der Waals surface area contributed by atoms with Crippen LogP contribution in [0.1, 0.15) is 5.56 Å². The molecule has 0 spiro atoms. The number of halogens is 2. The molecule has 0 saturated heterocycles. The van der Waals surface area contributed by atoms with E-state index in [1.807, 2.05) is 18.2 Å². The average molecular weight is 381 g/mol. The zero-order valence-electron chi connectivity index (χ0n) is 9.51. The lowest BCUT2D eigenvalue weighted by atomic mass is 10.2. The fraction of sp³-hybridized carbons (Fsp3) is 0. The molecule has 4 nitrogen and oxygen atoms in total. The van der Waals surface area contributed by atoms with Crippen LogP contribution in [-0.4, -0.2) is 14.6 Å². The van der Waals surface area contributed by atoms with Gasteiger partial charge in [-0.3, -0.25) is 4.40 Å². The number of hydrogen-bond acceptors (Lipinski definition) is 3. The van der Waals surface area contributed by atoms with Gasteiger partial charge in [-0.25, -0.2) is 0 Å². The van der Waals surface area contributed by atoms with Gasteiger partial charge >= 0.3 is 0 Å². The summed E-state index contributed by atoms with van der Waals surface area (Å²) in [5.41, 5.74) is 2.13. The summed E-state index contributed by atoms with van der Waals surface area (Å²) in [6.45, 7) is 0. The van der Waals surface area contributed by atoms with Gasteiger partial charge in [0, 0.05) is 15.3 Å². The summed E-state index contributed by atoms with van der Waals surface area (Å²) in [6, 6.07) is 11.3. The van der Waals surface area contributed by atoms with Crippen molar-refractivity contribution in [2.75, 3.05) is 0 Å². The van der Waals surface area contributed by atoms with Crippen LogP contribution < -0.4 is 0 Å². The summed E-state index contributed by atoms with van der Waals surface area (Å²) < 4.78 is 2.77. The molecule has 0 unspecified atom stereocenters. The van der Waals surface area contributed by atoms with Gasteiger partial charge in [-0.2, -0.15) is 5.26 Å². The Balaban J connectivity index is 2.24. The summed E-state index contributed by atoms with van der Waals surface area (Å²) >= 11 is 8.29. The largest absolute Gasteiger partial charge is 0.281 e. The van der Waals surface area contributed by atoms with Gasteiger partial charge in [0.15, 0.2) is 11.5 Å². The van der Waals surface area contributed by atoms with Crippen molar-refractivity contribution >= 4 is 39.8 Å². The van der Waals surface area contributed by atoms with Crippen LogP contribution in [0.5, 0.6) is 0 Å². The van der Waals surface area contributed by atoms with E-state index in [0.29, 0.717) is 22.1 Å². The first-order chi connectivity index (χ1) is 9.19. The Kier molecular flexibility index (Phi) is 3.12. The van der Waals surface area contributed by atoms with Crippen LogP contribution in [0.3, 0.4) is 0 Å². The summed E-state index contributed by atoms with van der Waals surface area (Å²) in [7, 11) is 0. The molecule has 0 saturated carbocycles. The topological polar surface area (TPSA) is 54.0 Å². The molecule has 0 aliphatic heterocycles. The van der Waals surface area contributed by atoms with Crippen molar-refractivity contribution < 1.29 is 0 Å². The standard InChI is InChI=1S/C13H6ClIN4/c14-10-5-9(2-3-11(10)15)13-18-17-12-4-1-8(6-16)7-19(12)13/h1-5,7H. The van der Waals surface area contributed by atoms with E-state index >= 15 is 0 Å². The third-order valence-electron chi connectivity index (χ3n) is 2.71. The molecular formula is C13H6ClIN4. The van der Waals surface area contributed by atoms with Gasteiger partial charge in [0.2, 0.25) is 0 Å². The number of fused-ring (bicyclic) bond motifs is 1. The molecule has 0 aliphatic carbocycles. The molecule has 2 aromatic heterocycles. The van der Waals surface area contributed by atoms with Crippen LogP contribution >= 0.6 is 34.2 Å². The maximum absolute atomic E-state index is 8.95. The van der Waals surface area contributed by atoms with Crippen molar-refractivity contribution in [2.45, 2.75) is 0 Å². The van der Waals surface area contributed by atoms with Crippen molar-refractivity contribution in [3.63, 3.8) is 0 Å². The molecule has 2 heterocycles. The highest BCUT2D eigenvalue weighted by molar-refractivity contribution is 14.1. The lowest BCUT2D eigenvalue weighted by Gasteiger charge is -2.02. The van der Waals surface area contributed by atoms with Gasteiger partial charge in [-0.05, 0) is 46.9 Å². The Bertz CT molecular complexity index is 819. The number of nitrogens with zero attached hydrogens (tertiary/aromatic N) is 4. The van der Waals surface area contributed by atoms with Crippen molar-refractivity contribution in [3.8, 4) is 17.5 Å². The molecule has 3 rings (SSSR count). The number of pyridine rings is 1. The minimum absolute atomic E-state index is 0.560. The Hall–Kier alpha value is -1.65. The molecule has 0 bridgehead atoms. The summed E-state index contributed by atoms with van der Waals surface area (Å²) in [4.78, 5) is 0. The summed E-state index contributed by atoms with van der Waals surface area (Å²) in [5, 5.41) is 17.9. The number of rotatable bonds is 1. The van der Waals surface area contributed by atoms with E-state index in [1.54, 1.807) is 22.7 Å². The van der Waals surface area contributed by atoms with E-state index in [4.69, 9.17) is 16.9 Å². The van der Waals surface area contributed by atoms with E-state index in [1.165, 1.54) is 0 Å². The molecule has 3 aromatic rings. The molecular weight excluding hydrogens is 375 g/mol. The van der Waals surface area contributed by atoms with E-state index in [0.717, 1.165) is 9.13 Å². The summed E-state index contributed by atoms with van der Waals surface area (Å²) in [6.07, 6.45) is 1.72. The highest BCUT2D eigenvalue weighted by Crippen LogP contribution is 2.26. The molecule has 0 radical (unpaired) electrons. The minimum Gasteiger partial charge on any atom is -0.281 e. The van der Waals surface area contributed by atoms with Gasteiger partial charge in [0.1, 0.15) is 6.07 Å². The van der Waals surface area contributed by atoms with Crippen LogP contribution in [-0.2, 0) is 0 Å². The quantitative estimate of drug-likeness (QED) is 0.607. The molecule has 6 heteroatoms. The predicted molar refractivity (Wildman–Crippen MR) is 80.9 cm³/mol. The smallest absolute Gasteiger partial charge is 0.168 e. The highest BCUT2D eigenvalue weighted by atomic mass is 127. The van der Waals surface area contributed by atoms with Crippen LogP contribution in [0.4, 0.5) is 0 Å². The van der Waals surface area contributed by atoms with Gasteiger partial charge < -0.3 is 0 Å². The first-order valence-corrected chi connectivity index (χ1v) is 6.85. The van der Waals surface area contributed by atoms with Crippen molar-refractivity contribution in [3.05, 3.63) is 50.7 Å². The van der Waals surface area contributed by atoms with Gasteiger partial charge in [-0.1, -0.05) is 17.7 Å². The minimum atomic E-state index is 0.560. The SMILES string of the molecule is N#Cc1ccc2nnc(-c3ccc(I)c(Cl)c3)n2c1. The molecule has 0 aliphatic rings. The number of aromatic nitrogens is 3. The lowest BCUT2D eigenvalue weighted by Crippen LogP contribution is -1.91. The van der Waals surface area contributed by atoms with Gasteiger partial charge in [0.25, 0.3) is 0 Å². The molecule has 1 aromatic carbocycles. The Morgan fingerprint density at radius 3 is 2.79 bits per heavy atom. The summed E-state index contributed by atoms with van der Waals surface area (Å²) in [5.74, 6) is 0.672. The Morgan fingerprint density at radius 2 is 2.05 bits per heavy atom. The second kappa shape index (κ2) is 4.79. The van der Waals surface area contributed by atoms with E-state index in [2.05, 4.69) is 38.9 Å². The first kappa shape index (κ1) is 12.4. The highest BCUT2D eigenvalue weighted by Gasteiger charge is 2.10. The third kappa shape index (κ3) is 2.17. The van der Waals surface area contributed by atoms with Crippen LogP contribution in [0.2, 0.25) is 5.02 Å². The Labute approximate surface area is 127 Å². The van der Waals surface area contributed by atoms with Gasteiger partial charge in [-0.15, -0.1) is 10.2 Å². The molecule has 0 fully saturated rings. The van der Waals surface area contributed by atoms with Crippen molar-refractivity contribution in [1.29, 1.82) is 5.26 Å². The zero-order chi connectivity index (χ0) is 13.4. The Morgan fingerprint density at radius 1 is 1.21 bits per heavy atom. The van der Waals surface area contributed by atoms with Gasteiger partial charge in [0.05, 0.1) is 10.6 Å². The molecule has 0 atom stereocenters. The molecule has 0 amide bonds. The second-order valence-electron chi connectivity index (χ2n) is 3.91. The average Bonchev–Trinajstić information content (AvgIpc) is 2.84. The monoisotopic (exact) mass is 380 g/mol. The normalized spacial score (nSPS) is 10.6. The first-order valence-electron chi connectivity index (χ1n) is 5.39. The second-order valence-corrected chi connectivity index (χ2v) is 5.48. The molecule has 0 N–H and O–H groups in total.